The van der Waals surface area contributed by atoms with Gasteiger partial charge in [-0.2, -0.15) is 0 Å². The van der Waals surface area contributed by atoms with E-state index in [1.165, 1.54) is 103 Å². The number of unbranched alkanes of at least 4 members (excludes halogenated alkanes) is 16. The molecule has 0 rings (SSSR count). The molecule has 0 aliphatic heterocycles. The van der Waals surface area contributed by atoms with Gasteiger partial charge in [0.2, 0.25) is 0 Å². The highest BCUT2D eigenvalue weighted by atomic mass is 16.5. The van der Waals surface area contributed by atoms with Crippen LogP contribution in [0.2, 0.25) is 0 Å². The Kier molecular flexibility index (Phi) is 19.9. The highest BCUT2D eigenvalue weighted by molar-refractivity contribution is 5.87. The Bertz CT molecular complexity index is 322. The van der Waals surface area contributed by atoms with Crippen LogP contribution in [0.1, 0.15) is 129 Å². The molecule has 0 N–H and O–H groups in total. The zero-order valence-corrected chi connectivity index (χ0v) is 18.0. The van der Waals surface area contributed by atoms with Crippen LogP contribution in [0.4, 0.5) is 0 Å². The lowest BCUT2D eigenvalue weighted by Gasteiger charge is -2.05. The van der Waals surface area contributed by atoms with E-state index in [0.717, 1.165) is 6.42 Å². The first-order valence-corrected chi connectivity index (χ1v) is 11.6. The molecule has 0 heterocycles. The molecule has 0 aromatic heterocycles. The first kappa shape index (κ1) is 25.2. The molecule has 0 aliphatic rings. The van der Waals surface area contributed by atoms with Crippen LogP contribution in [-0.2, 0) is 9.53 Å². The average Bonchev–Trinajstić information content (AvgIpc) is 2.66. The van der Waals surface area contributed by atoms with Gasteiger partial charge < -0.3 is 4.74 Å². The molecular weight excluding hydrogens is 320 g/mol. The van der Waals surface area contributed by atoms with Crippen molar-refractivity contribution in [2.24, 2.45) is 0 Å². The predicted molar refractivity (Wildman–Crippen MR) is 115 cm³/mol. The van der Waals surface area contributed by atoms with Gasteiger partial charge in [0.15, 0.2) is 0 Å². The molecule has 0 saturated heterocycles. The number of hydrogen-bond donors (Lipinski definition) is 0. The van der Waals surface area contributed by atoms with E-state index in [4.69, 9.17) is 4.74 Å². The Morgan fingerprint density at radius 1 is 0.615 bits per heavy atom. The largest absolute Gasteiger partial charge is 0.462 e. The third kappa shape index (κ3) is 18.0. The average molecular weight is 367 g/mol. The van der Waals surface area contributed by atoms with Crippen molar-refractivity contribution in [1.82, 2.24) is 0 Å². The molecule has 2 heteroatoms. The number of carbonyl (C=O) groups is 1. The first-order valence-electron chi connectivity index (χ1n) is 11.6. The van der Waals surface area contributed by atoms with Gasteiger partial charge in [0.05, 0.1) is 6.61 Å². The topological polar surface area (TPSA) is 26.3 Å². The van der Waals surface area contributed by atoms with Gasteiger partial charge in [-0.15, -0.1) is 0 Å². The molecule has 0 radical (unpaired) electrons. The Morgan fingerprint density at radius 3 is 1.31 bits per heavy atom. The van der Waals surface area contributed by atoms with Crippen molar-refractivity contribution in [3.63, 3.8) is 0 Å². The van der Waals surface area contributed by atoms with Crippen molar-refractivity contribution in [3.05, 3.63) is 12.2 Å². The van der Waals surface area contributed by atoms with Crippen molar-refractivity contribution in [3.8, 4) is 0 Å². The highest BCUT2D eigenvalue weighted by Crippen LogP contribution is 2.14. The summed E-state index contributed by atoms with van der Waals surface area (Å²) in [4.78, 5) is 11.4. The summed E-state index contributed by atoms with van der Waals surface area (Å²) >= 11 is 0. The summed E-state index contributed by atoms with van der Waals surface area (Å²) in [7, 11) is 0. The van der Waals surface area contributed by atoms with Crippen molar-refractivity contribution < 1.29 is 9.53 Å². The highest BCUT2D eigenvalue weighted by Gasteiger charge is 2.04. The zero-order valence-electron chi connectivity index (χ0n) is 18.0. The summed E-state index contributed by atoms with van der Waals surface area (Å²) in [6.45, 7) is 8.46. The molecule has 0 atom stereocenters. The van der Waals surface area contributed by atoms with Gasteiger partial charge in [0.25, 0.3) is 0 Å². The number of esters is 1. The first-order chi connectivity index (χ1) is 12.7. The molecule has 0 unspecified atom stereocenters. The van der Waals surface area contributed by atoms with E-state index in [1.807, 2.05) is 6.92 Å². The summed E-state index contributed by atoms with van der Waals surface area (Å²) in [5.74, 6) is -0.219. The second kappa shape index (κ2) is 20.5. The van der Waals surface area contributed by atoms with Crippen LogP contribution in [0.5, 0.6) is 0 Å². The fourth-order valence-electron chi connectivity index (χ4n) is 3.24. The minimum atomic E-state index is -0.219. The second-order valence-corrected chi connectivity index (χ2v) is 7.75. The molecule has 0 aliphatic carbocycles. The number of rotatable bonds is 20. The quantitative estimate of drug-likeness (QED) is 0.123. The number of carbonyl (C=O) groups excluding carboxylic acids is 1. The summed E-state index contributed by atoms with van der Waals surface area (Å²) < 4.78 is 5.18. The minimum absolute atomic E-state index is 0.219. The van der Waals surface area contributed by atoms with Crippen molar-refractivity contribution in [2.45, 2.75) is 129 Å². The Balaban J connectivity index is 3.09. The Labute approximate surface area is 164 Å². The second-order valence-electron chi connectivity index (χ2n) is 7.75. The summed E-state index contributed by atoms with van der Waals surface area (Å²) in [5.41, 5.74) is 0.581. The molecular formula is C24H46O2. The van der Waals surface area contributed by atoms with Crippen molar-refractivity contribution >= 4 is 5.97 Å². The third-order valence-corrected chi connectivity index (χ3v) is 5.20. The molecule has 26 heavy (non-hydrogen) atoms. The van der Waals surface area contributed by atoms with E-state index in [1.54, 1.807) is 0 Å². The Hall–Kier alpha value is -0.790. The lowest BCUT2D eigenvalue weighted by atomic mass is 10.0. The smallest absolute Gasteiger partial charge is 0.333 e. The number of ether oxygens (including phenoxy) is 1. The minimum Gasteiger partial charge on any atom is -0.462 e. The molecule has 0 aromatic rings. The van der Waals surface area contributed by atoms with E-state index in [0.29, 0.717) is 18.6 Å². The molecule has 0 amide bonds. The summed E-state index contributed by atoms with van der Waals surface area (Å²) in [5, 5.41) is 0. The molecule has 0 aromatic carbocycles. The van der Waals surface area contributed by atoms with E-state index < -0.39 is 0 Å². The molecule has 0 bridgehead atoms. The zero-order chi connectivity index (χ0) is 19.3. The van der Waals surface area contributed by atoms with Crippen LogP contribution in [0.25, 0.3) is 0 Å². The van der Waals surface area contributed by atoms with Gasteiger partial charge in [-0.1, -0.05) is 123 Å². The fourth-order valence-corrected chi connectivity index (χ4v) is 3.24. The van der Waals surface area contributed by atoms with Gasteiger partial charge in [-0.05, 0) is 12.8 Å². The third-order valence-electron chi connectivity index (χ3n) is 5.20. The normalized spacial score (nSPS) is 10.8. The molecule has 0 saturated carbocycles. The fraction of sp³-hybridized carbons (Fsp3) is 0.875. The van der Waals surface area contributed by atoms with Crippen molar-refractivity contribution in [1.29, 1.82) is 0 Å². The van der Waals surface area contributed by atoms with Gasteiger partial charge in [-0.25, -0.2) is 4.79 Å². The summed E-state index contributed by atoms with van der Waals surface area (Å²) in [6, 6.07) is 0. The molecule has 2 nitrogen and oxygen atoms in total. The van der Waals surface area contributed by atoms with Gasteiger partial charge in [-0.3, -0.25) is 0 Å². The SMILES string of the molecule is C=C(CC)C(=O)OCCCCCCCCCCCCCCCCCCC. The molecule has 0 fully saturated rings. The molecule has 0 spiro atoms. The number of hydrogen-bond acceptors (Lipinski definition) is 2. The van der Waals surface area contributed by atoms with Crippen LogP contribution in [0, 0.1) is 0 Å². The van der Waals surface area contributed by atoms with Crippen LogP contribution >= 0.6 is 0 Å². The van der Waals surface area contributed by atoms with Crippen LogP contribution in [0.15, 0.2) is 12.2 Å². The maximum Gasteiger partial charge on any atom is 0.333 e. The van der Waals surface area contributed by atoms with Crippen LogP contribution in [0.3, 0.4) is 0 Å². The Morgan fingerprint density at radius 2 is 0.962 bits per heavy atom. The van der Waals surface area contributed by atoms with E-state index >= 15 is 0 Å². The lowest BCUT2D eigenvalue weighted by molar-refractivity contribution is -0.139. The molecule has 154 valence electrons. The van der Waals surface area contributed by atoms with E-state index in [-0.39, 0.29) is 5.97 Å². The maximum absolute atomic E-state index is 11.4. The lowest BCUT2D eigenvalue weighted by Crippen LogP contribution is -2.07. The van der Waals surface area contributed by atoms with Gasteiger partial charge >= 0.3 is 5.97 Å². The van der Waals surface area contributed by atoms with Crippen LogP contribution in [-0.4, -0.2) is 12.6 Å². The van der Waals surface area contributed by atoms with Gasteiger partial charge in [0, 0.05) is 5.57 Å². The predicted octanol–water partition coefficient (Wildman–Crippen LogP) is 8.15. The van der Waals surface area contributed by atoms with Gasteiger partial charge in [0.1, 0.15) is 0 Å². The monoisotopic (exact) mass is 366 g/mol. The van der Waals surface area contributed by atoms with Crippen LogP contribution < -0.4 is 0 Å². The maximum atomic E-state index is 11.4. The van der Waals surface area contributed by atoms with E-state index in [2.05, 4.69) is 13.5 Å². The summed E-state index contributed by atoms with van der Waals surface area (Å²) in [6.07, 6.45) is 23.9. The standard InChI is InChI=1S/C24H46O2/c1-4-6-7-8-9-10-11-12-13-14-15-16-17-18-19-20-21-22-26-24(25)23(3)5-2/h3-22H2,1-2H3. The van der Waals surface area contributed by atoms with Crippen molar-refractivity contribution in [2.75, 3.05) is 6.61 Å². The van der Waals surface area contributed by atoms with E-state index in [9.17, 15) is 4.79 Å².